The first-order chi connectivity index (χ1) is 21.3. The van der Waals surface area contributed by atoms with Crippen LogP contribution >= 0.6 is 11.3 Å². The van der Waals surface area contributed by atoms with E-state index in [1.807, 2.05) is 25.4 Å². The van der Waals surface area contributed by atoms with Crippen molar-refractivity contribution in [3.8, 4) is 22.1 Å². The van der Waals surface area contributed by atoms with Gasteiger partial charge in [-0.3, -0.25) is 24.5 Å². The average Bonchev–Trinajstić information content (AvgIpc) is 3.71. The molecule has 2 aliphatic rings. The molecule has 0 radical (unpaired) electrons. The predicted octanol–water partition coefficient (Wildman–Crippen LogP) is 6.57. The van der Waals surface area contributed by atoms with Crippen LogP contribution in [-0.4, -0.2) is 69.4 Å². The third-order valence-electron chi connectivity index (χ3n) is 8.55. The number of likely N-dealkylation sites (tertiary alicyclic amines) is 1. The number of carbonyl (C=O) groups is 2. The van der Waals surface area contributed by atoms with Crippen molar-refractivity contribution in [2.75, 3.05) is 26.7 Å². The molecule has 4 aromatic rings. The number of benzene rings is 1. The van der Waals surface area contributed by atoms with E-state index in [2.05, 4.69) is 20.9 Å². The third kappa shape index (κ3) is 7.67. The molecule has 6 rings (SSSR count). The Morgan fingerprint density at radius 3 is 2.55 bits per heavy atom. The molecule has 1 aromatic carbocycles. The standard InChI is InChI=1S/C34H37FN4O4S/c1-38(13-11-33(41)42)25-9-14-39(15-10-25)21-24-4-6-28(37-20-24)32-19-29-34(44-32)31(8-12-36-29)43-30-7-5-23(18-27(30)35)17-26(40)16-22-2-3-22/h4-8,12,18-20,22,25H,2-3,9-11,13-17,21H2,1H3,(H,41,42). The minimum Gasteiger partial charge on any atom is -0.481 e. The fourth-order valence-electron chi connectivity index (χ4n) is 5.82. The van der Waals surface area contributed by atoms with Crippen LogP contribution in [-0.2, 0) is 22.6 Å². The zero-order valence-corrected chi connectivity index (χ0v) is 25.7. The molecule has 0 spiro atoms. The Bertz CT molecular complexity index is 1630. The SMILES string of the molecule is CN(CCC(=O)O)C1CCN(Cc2ccc(-c3cc4nccc(Oc5ccc(CC(=O)CC6CC6)cc5F)c4s3)nc2)CC1. The summed E-state index contributed by atoms with van der Waals surface area (Å²) in [4.78, 5) is 37.9. The summed E-state index contributed by atoms with van der Waals surface area (Å²) in [6.45, 7) is 3.34. The summed E-state index contributed by atoms with van der Waals surface area (Å²) >= 11 is 1.51. The van der Waals surface area contributed by atoms with Gasteiger partial charge in [-0.2, -0.15) is 0 Å². The van der Waals surface area contributed by atoms with Gasteiger partial charge in [0.05, 0.1) is 27.2 Å². The van der Waals surface area contributed by atoms with Gasteiger partial charge in [-0.15, -0.1) is 11.3 Å². The number of rotatable bonds is 13. The second-order valence-electron chi connectivity index (χ2n) is 12.0. The number of aromatic nitrogens is 2. The lowest BCUT2D eigenvalue weighted by molar-refractivity contribution is -0.137. The van der Waals surface area contributed by atoms with Crippen LogP contribution in [0, 0.1) is 11.7 Å². The number of carboxylic acid groups (broad SMARTS) is 1. The van der Waals surface area contributed by atoms with Gasteiger partial charge in [0.1, 0.15) is 11.5 Å². The van der Waals surface area contributed by atoms with Crippen molar-refractivity contribution in [1.82, 2.24) is 19.8 Å². The molecule has 1 aliphatic heterocycles. The van der Waals surface area contributed by atoms with Gasteiger partial charge >= 0.3 is 5.97 Å². The highest BCUT2D eigenvalue weighted by atomic mass is 32.1. The molecule has 0 bridgehead atoms. The number of piperidine rings is 1. The number of halogens is 1. The van der Waals surface area contributed by atoms with E-state index in [1.165, 1.54) is 17.4 Å². The predicted molar refractivity (Wildman–Crippen MR) is 169 cm³/mol. The number of aliphatic carboxylic acids is 1. The molecule has 44 heavy (non-hydrogen) atoms. The Labute approximate surface area is 260 Å². The van der Waals surface area contributed by atoms with Gasteiger partial charge in [-0.1, -0.05) is 12.1 Å². The maximum Gasteiger partial charge on any atom is 0.304 e. The Morgan fingerprint density at radius 2 is 1.84 bits per heavy atom. The smallest absolute Gasteiger partial charge is 0.304 e. The average molecular weight is 617 g/mol. The molecule has 1 saturated heterocycles. The molecule has 0 amide bonds. The summed E-state index contributed by atoms with van der Waals surface area (Å²) in [6.07, 6.45) is 8.87. The minimum atomic E-state index is -0.753. The molecule has 1 aliphatic carbocycles. The lowest BCUT2D eigenvalue weighted by atomic mass is 10.0. The van der Waals surface area contributed by atoms with Crippen LogP contribution in [0.5, 0.6) is 11.5 Å². The molecule has 10 heteroatoms. The maximum absolute atomic E-state index is 15.0. The molecule has 0 atom stereocenters. The largest absolute Gasteiger partial charge is 0.481 e. The van der Waals surface area contributed by atoms with Crippen molar-refractivity contribution in [3.05, 3.63) is 71.8 Å². The number of thiophene rings is 1. The molecule has 1 N–H and O–H groups in total. The van der Waals surface area contributed by atoms with Crippen molar-refractivity contribution < 1.29 is 23.8 Å². The number of ketones is 1. The fraction of sp³-hybridized carbons (Fsp3) is 0.412. The van der Waals surface area contributed by atoms with Gasteiger partial charge in [-0.25, -0.2) is 4.39 Å². The Kier molecular flexibility index (Phi) is 9.30. The molecule has 4 heterocycles. The first-order valence-electron chi connectivity index (χ1n) is 15.3. The van der Waals surface area contributed by atoms with E-state index in [0.717, 1.165) is 71.7 Å². The van der Waals surface area contributed by atoms with Crippen molar-refractivity contribution in [1.29, 1.82) is 0 Å². The fourth-order valence-corrected chi connectivity index (χ4v) is 6.86. The first-order valence-corrected chi connectivity index (χ1v) is 16.1. The number of pyridine rings is 2. The molecule has 1 saturated carbocycles. The van der Waals surface area contributed by atoms with Gasteiger partial charge in [0.2, 0.25) is 0 Å². The molecule has 230 valence electrons. The maximum atomic E-state index is 15.0. The van der Waals surface area contributed by atoms with Crippen LogP contribution < -0.4 is 4.74 Å². The zero-order chi connectivity index (χ0) is 30.6. The summed E-state index contributed by atoms with van der Waals surface area (Å²) in [7, 11) is 2.02. The Hall–Kier alpha value is -3.73. The van der Waals surface area contributed by atoms with Crippen molar-refractivity contribution in [3.63, 3.8) is 0 Å². The second kappa shape index (κ2) is 13.5. The van der Waals surface area contributed by atoms with Crippen molar-refractivity contribution >= 4 is 33.3 Å². The van der Waals surface area contributed by atoms with Crippen LogP contribution in [0.15, 0.2) is 54.9 Å². The number of carboxylic acids is 1. The van der Waals surface area contributed by atoms with Gasteiger partial charge in [0, 0.05) is 50.4 Å². The van der Waals surface area contributed by atoms with Crippen LogP contribution in [0.1, 0.15) is 49.7 Å². The summed E-state index contributed by atoms with van der Waals surface area (Å²) in [5.74, 6) is 0.0738. The quantitative estimate of drug-likeness (QED) is 0.180. The Balaban J connectivity index is 1.07. The number of fused-ring (bicyclic) bond motifs is 1. The van der Waals surface area contributed by atoms with Crippen LogP contribution in [0.3, 0.4) is 0 Å². The summed E-state index contributed by atoms with van der Waals surface area (Å²) in [5, 5.41) is 8.95. The van der Waals surface area contributed by atoms with Gasteiger partial charge < -0.3 is 14.7 Å². The van der Waals surface area contributed by atoms with E-state index in [4.69, 9.17) is 14.8 Å². The van der Waals surface area contributed by atoms with Gasteiger partial charge in [-0.05, 0) is 87.1 Å². The summed E-state index contributed by atoms with van der Waals surface area (Å²) in [6, 6.07) is 13.0. The van der Waals surface area contributed by atoms with Crippen molar-refractivity contribution in [2.24, 2.45) is 5.92 Å². The van der Waals surface area contributed by atoms with E-state index in [1.54, 1.807) is 24.4 Å². The second-order valence-corrected chi connectivity index (χ2v) is 13.1. The van der Waals surface area contributed by atoms with Crippen LogP contribution in [0.2, 0.25) is 0 Å². The van der Waals surface area contributed by atoms with Crippen LogP contribution in [0.25, 0.3) is 20.8 Å². The van der Waals surface area contributed by atoms with Crippen LogP contribution in [0.4, 0.5) is 4.39 Å². The molecule has 0 unspecified atom stereocenters. The van der Waals surface area contributed by atoms with E-state index < -0.39 is 11.8 Å². The number of ether oxygens (including phenoxy) is 1. The molecule has 2 fully saturated rings. The number of nitrogens with zero attached hydrogens (tertiary/aromatic N) is 4. The van der Waals surface area contributed by atoms with E-state index in [-0.39, 0.29) is 24.4 Å². The Morgan fingerprint density at radius 1 is 1.05 bits per heavy atom. The zero-order valence-electron chi connectivity index (χ0n) is 24.9. The topological polar surface area (TPSA) is 95.9 Å². The highest BCUT2D eigenvalue weighted by molar-refractivity contribution is 7.22. The van der Waals surface area contributed by atoms with Gasteiger partial charge in [0.15, 0.2) is 11.6 Å². The monoisotopic (exact) mass is 616 g/mol. The molecule has 3 aromatic heterocycles. The highest BCUT2D eigenvalue weighted by Gasteiger charge is 2.25. The molecule has 8 nitrogen and oxygen atoms in total. The summed E-state index contributed by atoms with van der Waals surface area (Å²) in [5.41, 5.74) is 3.40. The molecular formula is C34H37FN4O4S. The lowest BCUT2D eigenvalue weighted by Gasteiger charge is -2.36. The minimum absolute atomic E-state index is 0.115. The number of hydrogen-bond donors (Lipinski definition) is 1. The summed E-state index contributed by atoms with van der Waals surface area (Å²) < 4.78 is 21.8. The normalized spacial score (nSPS) is 16.1. The van der Waals surface area contributed by atoms with E-state index in [9.17, 15) is 14.0 Å². The van der Waals surface area contributed by atoms with E-state index in [0.29, 0.717) is 36.2 Å². The van der Waals surface area contributed by atoms with Crippen molar-refractivity contribution in [2.45, 2.75) is 57.5 Å². The lowest BCUT2D eigenvalue weighted by Crippen LogP contribution is -2.43. The highest BCUT2D eigenvalue weighted by Crippen LogP contribution is 2.39. The number of Topliss-reactive ketones (excluding diaryl/α,β-unsaturated/α-hetero) is 1. The third-order valence-corrected chi connectivity index (χ3v) is 9.71. The van der Waals surface area contributed by atoms with Gasteiger partial charge in [0.25, 0.3) is 0 Å². The molecular weight excluding hydrogens is 579 g/mol. The first kappa shape index (κ1) is 30.3. The number of carbonyl (C=O) groups excluding carboxylic acids is 1. The number of hydrogen-bond acceptors (Lipinski definition) is 8. The van der Waals surface area contributed by atoms with E-state index >= 15 is 0 Å².